The van der Waals surface area contributed by atoms with Crippen LogP contribution in [0.2, 0.25) is 0 Å². The van der Waals surface area contributed by atoms with Gasteiger partial charge in [-0.2, -0.15) is 0 Å². The molecule has 0 aromatic carbocycles. The van der Waals surface area contributed by atoms with Crippen LogP contribution in [-0.2, 0) is 4.74 Å². The highest BCUT2D eigenvalue weighted by molar-refractivity contribution is 4.78. The summed E-state index contributed by atoms with van der Waals surface area (Å²) in [7, 11) is 1.61. The van der Waals surface area contributed by atoms with Crippen molar-refractivity contribution in [3.63, 3.8) is 0 Å². The molecule has 0 aliphatic rings. The van der Waals surface area contributed by atoms with Gasteiger partial charge in [-0.1, -0.05) is 0 Å². The Hall–Kier alpha value is -0.120. The molecule has 0 bridgehead atoms. The Morgan fingerprint density at radius 2 is 2.12 bits per heavy atom. The minimum Gasteiger partial charge on any atom is -0.383 e. The van der Waals surface area contributed by atoms with E-state index in [9.17, 15) is 0 Å². The van der Waals surface area contributed by atoms with E-state index in [1.807, 2.05) is 6.92 Å². The molecule has 1 unspecified atom stereocenters. The Morgan fingerprint density at radius 3 is 2.25 bits per heavy atom. The Bertz CT molecular complexity index is 63.4. The van der Waals surface area contributed by atoms with E-state index in [0.717, 1.165) is 0 Å². The first-order valence-corrected chi connectivity index (χ1v) is 2.60. The molecule has 0 aromatic rings. The minimum atomic E-state index is -0.352. The Morgan fingerprint density at radius 1 is 1.62 bits per heavy atom. The standard InChI is InChI=1S/C5H14N2O/c1-5(7,3-6)4-8-2/h3-4,6-7H2,1-2H3. The molecule has 0 amide bonds. The topological polar surface area (TPSA) is 61.3 Å². The lowest BCUT2D eigenvalue weighted by atomic mass is 10.1. The molecule has 0 aromatic heterocycles. The number of methoxy groups -OCH3 is 1. The van der Waals surface area contributed by atoms with E-state index >= 15 is 0 Å². The second-order valence-corrected chi connectivity index (χ2v) is 2.29. The summed E-state index contributed by atoms with van der Waals surface area (Å²) in [5, 5.41) is 0. The molecule has 3 nitrogen and oxygen atoms in total. The quantitative estimate of drug-likeness (QED) is 0.515. The molecular weight excluding hydrogens is 104 g/mol. The van der Waals surface area contributed by atoms with Gasteiger partial charge < -0.3 is 16.2 Å². The fourth-order valence-electron chi connectivity index (χ4n) is 0.389. The van der Waals surface area contributed by atoms with Crippen molar-refractivity contribution in [2.24, 2.45) is 11.5 Å². The largest absolute Gasteiger partial charge is 0.383 e. The third-order valence-electron chi connectivity index (χ3n) is 0.940. The van der Waals surface area contributed by atoms with Gasteiger partial charge in [0.25, 0.3) is 0 Å². The normalized spacial score (nSPS) is 18.0. The van der Waals surface area contributed by atoms with E-state index in [1.165, 1.54) is 0 Å². The fraction of sp³-hybridized carbons (Fsp3) is 1.00. The Balaban J connectivity index is 3.37. The average Bonchev–Trinajstić information content (AvgIpc) is 1.67. The lowest BCUT2D eigenvalue weighted by molar-refractivity contribution is 0.144. The monoisotopic (exact) mass is 118 g/mol. The highest BCUT2D eigenvalue weighted by Crippen LogP contribution is 1.93. The molecule has 0 saturated heterocycles. The summed E-state index contributed by atoms with van der Waals surface area (Å²) in [5.74, 6) is 0. The number of hydrogen-bond acceptors (Lipinski definition) is 3. The molecule has 3 heteroatoms. The molecule has 0 radical (unpaired) electrons. The van der Waals surface area contributed by atoms with Gasteiger partial charge in [-0.25, -0.2) is 0 Å². The molecule has 0 rings (SSSR count). The second-order valence-electron chi connectivity index (χ2n) is 2.29. The maximum absolute atomic E-state index is 5.58. The van der Waals surface area contributed by atoms with Crippen molar-refractivity contribution in [2.45, 2.75) is 12.5 Å². The third-order valence-corrected chi connectivity index (χ3v) is 0.940. The maximum atomic E-state index is 5.58. The summed E-state index contributed by atoms with van der Waals surface area (Å²) in [6.45, 7) is 2.83. The molecule has 0 spiro atoms. The van der Waals surface area contributed by atoms with Crippen molar-refractivity contribution in [2.75, 3.05) is 20.3 Å². The van der Waals surface area contributed by atoms with Crippen molar-refractivity contribution in [1.29, 1.82) is 0 Å². The van der Waals surface area contributed by atoms with Gasteiger partial charge in [-0.15, -0.1) is 0 Å². The predicted molar refractivity (Wildman–Crippen MR) is 33.5 cm³/mol. The van der Waals surface area contributed by atoms with Crippen LogP contribution in [0.1, 0.15) is 6.92 Å². The first-order chi connectivity index (χ1) is 3.62. The van der Waals surface area contributed by atoms with E-state index < -0.39 is 0 Å². The van der Waals surface area contributed by atoms with Crippen LogP contribution in [0.5, 0.6) is 0 Å². The van der Waals surface area contributed by atoms with E-state index in [0.29, 0.717) is 13.2 Å². The summed E-state index contributed by atoms with van der Waals surface area (Å²) in [6.07, 6.45) is 0. The van der Waals surface area contributed by atoms with E-state index in [4.69, 9.17) is 16.2 Å². The molecule has 0 aliphatic carbocycles. The Kier molecular flexibility index (Phi) is 2.97. The second kappa shape index (κ2) is 3.02. The summed E-state index contributed by atoms with van der Waals surface area (Å²) in [5.41, 5.74) is 10.5. The van der Waals surface area contributed by atoms with Crippen molar-refractivity contribution in [3.8, 4) is 0 Å². The van der Waals surface area contributed by atoms with Crippen LogP contribution < -0.4 is 11.5 Å². The van der Waals surface area contributed by atoms with Gasteiger partial charge in [-0.3, -0.25) is 0 Å². The molecule has 0 aliphatic heterocycles. The molecule has 0 fully saturated rings. The van der Waals surface area contributed by atoms with Crippen LogP contribution >= 0.6 is 0 Å². The molecular formula is C5H14N2O. The molecule has 50 valence electrons. The smallest absolute Gasteiger partial charge is 0.0652 e. The lowest BCUT2D eigenvalue weighted by Crippen LogP contribution is -2.47. The van der Waals surface area contributed by atoms with E-state index in [-0.39, 0.29) is 5.54 Å². The first-order valence-electron chi connectivity index (χ1n) is 2.60. The van der Waals surface area contributed by atoms with Crippen LogP contribution in [0.4, 0.5) is 0 Å². The van der Waals surface area contributed by atoms with Crippen molar-refractivity contribution in [3.05, 3.63) is 0 Å². The lowest BCUT2D eigenvalue weighted by Gasteiger charge is -2.20. The molecule has 0 heterocycles. The number of hydrogen-bond donors (Lipinski definition) is 2. The van der Waals surface area contributed by atoms with Crippen LogP contribution in [0.3, 0.4) is 0 Å². The van der Waals surface area contributed by atoms with Crippen LogP contribution in [0.25, 0.3) is 0 Å². The third kappa shape index (κ3) is 2.96. The van der Waals surface area contributed by atoms with E-state index in [1.54, 1.807) is 7.11 Å². The van der Waals surface area contributed by atoms with Crippen LogP contribution in [-0.4, -0.2) is 25.8 Å². The number of nitrogens with two attached hydrogens (primary N) is 2. The van der Waals surface area contributed by atoms with Crippen LogP contribution in [0.15, 0.2) is 0 Å². The summed E-state index contributed by atoms with van der Waals surface area (Å²) in [6, 6.07) is 0. The zero-order valence-corrected chi connectivity index (χ0v) is 5.48. The number of rotatable bonds is 3. The number of ether oxygens (including phenoxy) is 1. The zero-order valence-electron chi connectivity index (χ0n) is 5.48. The van der Waals surface area contributed by atoms with Gasteiger partial charge in [0.2, 0.25) is 0 Å². The predicted octanol–water partition coefficient (Wildman–Crippen LogP) is -0.691. The highest BCUT2D eigenvalue weighted by atomic mass is 16.5. The summed E-state index contributed by atoms with van der Waals surface area (Å²) in [4.78, 5) is 0. The van der Waals surface area contributed by atoms with Gasteiger partial charge in [0.05, 0.1) is 6.61 Å². The van der Waals surface area contributed by atoms with Gasteiger partial charge in [0.1, 0.15) is 0 Å². The highest BCUT2D eigenvalue weighted by Gasteiger charge is 2.14. The maximum Gasteiger partial charge on any atom is 0.0652 e. The van der Waals surface area contributed by atoms with Crippen LogP contribution in [0, 0.1) is 0 Å². The minimum absolute atomic E-state index is 0.352. The van der Waals surface area contributed by atoms with Crippen molar-refractivity contribution >= 4 is 0 Å². The zero-order chi connectivity index (χ0) is 6.62. The van der Waals surface area contributed by atoms with Gasteiger partial charge in [0, 0.05) is 19.2 Å². The van der Waals surface area contributed by atoms with Gasteiger partial charge >= 0.3 is 0 Å². The average molecular weight is 118 g/mol. The van der Waals surface area contributed by atoms with Crippen molar-refractivity contribution < 1.29 is 4.74 Å². The van der Waals surface area contributed by atoms with Crippen molar-refractivity contribution in [1.82, 2.24) is 0 Å². The first kappa shape index (κ1) is 7.88. The Labute approximate surface area is 50.0 Å². The van der Waals surface area contributed by atoms with Gasteiger partial charge in [-0.05, 0) is 6.92 Å². The molecule has 1 atom stereocenters. The van der Waals surface area contributed by atoms with Gasteiger partial charge in [0.15, 0.2) is 0 Å². The fourth-order valence-corrected chi connectivity index (χ4v) is 0.389. The SMILES string of the molecule is COCC(C)(N)CN. The molecule has 0 saturated carbocycles. The molecule has 4 N–H and O–H groups in total. The molecule has 8 heavy (non-hydrogen) atoms. The summed E-state index contributed by atoms with van der Waals surface area (Å²) < 4.78 is 4.79. The van der Waals surface area contributed by atoms with E-state index in [2.05, 4.69) is 0 Å². The summed E-state index contributed by atoms with van der Waals surface area (Å²) >= 11 is 0.